The van der Waals surface area contributed by atoms with Crippen LogP contribution in [-0.2, 0) is 19.0 Å². The average Bonchev–Trinajstić information content (AvgIpc) is 2.43. The third-order valence-corrected chi connectivity index (χ3v) is 5.16. The first kappa shape index (κ1) is 23.4. The molecule has 154 valence electrons. The second-order valence-corrected chi connectivity index (χ2v) is 10.4. The van der Waals surface area contributed by atoms with E-state index in [1.54, 1.807) is 17.0 Å². The molecule has 0 aliphatic rings. The molecule has 0 aromatic heterocycles. The van der Waals surface area contributed by atoms with Crippen LogP contribution in [0.3, 0.4) is 0 Å². The number of amides is 1. The summed E-state index contributed by atoms with van der Waals surface area (Å²) in [7, 11) is -3.82. The molecule has 1 unspecified atom stereocenters. The fourth-order valence-corrected chi connectivity index (χ4v) is 3.58. The fourth-order valence-electron chi connectivity index (χ4n) is 2.66. The Morgan fingerprint density at radius 3 is 2.04 bits per heavy atom. The van der Waals surface area contributed by atoms with Crippen molar-refractivity contribution in [3.05, 3.63) is 29.8 Å². The molecule has 1 rings (SSSR count). The van der Waals surface area contributed by atoms with Gasteiger partial charge >= 0.3 is 6.09 Å². The van der Waals surface area contributed by atoms with Gasteiger partial charge in [-0.15, -0.1) is 0 Å². The van der Waals surface area contributed by atoms with Crippen molar-refractivity contribution in [2.24, 2.45) is 0 Å². The van der Waals surface area contributed by atoms with Crippen molar-refractivity contribution in [2.45, 2.75) is 83.9 Å². The minimum atomic E-state index is -3.82. The standard InChI is InChI=1S/C20H33NO5S/c1-15-9-11-17(12-10-15)27(23,24)25-14-13-16(2)21(19(3,4)5)18(22)26-20(6,7)8/h9-12,16H,13-14H2,1-8H3. The lowest BCUT2D eigenvalue weighted by Crippen LogP contribution is -2.52. The first-order valence-corrected chi connectivity index (χ1v) is 10.5. The Kier molecular flexibility index (Phi) is 7.47. The van der Waals surface area contributed by atoms with Gasteiger partial charge in [-0.05, 0) is 73.9 Å². The Labute approximate surface area is 164 Å². The zero-order valence-electron chi connectivity index (χ0n) is 17.7. The summed E-state index contributed by atoms with van der Waals surface area (Å²) in [5.41, 5.74) is -0.107. The molecular formula is C20H33NO5S. The number of hydrogen-bond donors (Lipinski definition) is 0. The van der Waals surface area contributed by atoms with E-state index in [4.69, 9.17) is 8.92 Å². The predicted octanol–water partition coefficient (Wildman–Crippen LogP) is 4.51. The van der Waals surface area contributed by atoms with Crippen LogP contribution in [0, 0.1) is 6.92 Å². The van der Waals surface area contributed by atoms with Gasteiger partial charge in [-0.2, -0.15) is 8.42 Å². The lowest BCUT2D eigenvalue weighted by atomic mass is 10.0. The molecule has 1 aromatic rings. The molecule has 0 aliphatic heterocycles. The van der Waals surface area contributed by atoms with E-state index in [9.17, 15) is 13.2 Å². The largest absolute Gasteiger partial charge is 0.444 e. The molecule has 0 spiro atoms. The van der Waals surface area contributed by atoms with Crippen molar-refractivity contribution < 1.29 is 22.1 Å². The summed E-state index contributed by atoms with van der Waals surface area (Å²) in [5.74, 6) is 0. The summed E-state index contributed by atoms with van der Waals surface area (Å²) in [4.78, 5) is 14.4. The van der Waals surface area contributed by atoms with Crippen LogP contribution >= 0.6 is 0 Å². The third-order valence-electron chi connectivity index (χ3n) is 3.84. The zero-order valence-corrected chi connectivity index (χ0v) is 18.5. The number of carbonyl (C=O) groups is 1. The summed E-state index contributed by atoms with van der Waals surface area (Å²) < 4.78 is 35.2. The minimum Gasteiger partial charge on any atom is -0.444 e. The molecule has 6 nitrogen and oxygen atoms in total. The van der Waals surface area contributed by atoms with Crippen molar-refractivity contribution in [1.82, 2.24) is 4.90 Å². The second-order valence-electron chi connectivity index (χ2n) is 8.75. The molecule has 0 aliphatic carbocycles. The topological polar surface area (TPSA) is 72.9 Å². The van der Waals surface area contributed by atoms with Gasteiger partial charge in [-0.3, -0.25) is 4.18 Å². The number of benzene rings is 1. The lowest BCUT2D eigenvalue weighted by Gasteiger charge is -2.40. The number of carbonyl (C=O) groups excluding carboxylic acids is 1. The molecule has 0 saturated heterocycles. The van der Waals surface area contributed by atoms with E-state index < -0.39 is 27.4 Å². The molecule has 0 fully saturated rings. The second kappa shape index (κ2) is 8.61. The van der Waals surface area contributed by atoms with E-state index in [1.165, 1.54) is 12.1 Å². The Morgan fingerprint density at radius 2 is 1.59 bits per heavy atom. The Balaban J connectivity index is 2.78. The highest BCUT2D eigenvalue weighted by molar-refractivity contribution is 7.86. The van der Waals surface area contributed by atoms with Gasteiger partial charge in [-0.25, -0.2) is 4.79 Å². The van der Waals surface area contributed by atoms with Crippen LogP contribution in [0.1, 0.15) is 60.5 Å². The molecule has 0 bridgehead atoms. The summed E-state index contributed by atoms with van der Waals surface area (Å²) in [6.45, 7) is 14.9. The van der Waals surface area contributed by atoms with E-state index in [-0.39, 0.29) is 17.5 Å². The molecule has 0 radical (unpaired) electrons. The summed E-state index contributed by atoms with van der Waals surface area (Å²) >= 11 is 0. The van der Waals surface area contributed by atoms with Crippen LogP contribution in [0.2, 0.25) is 0 Å². The van der Waals surface area contributed by atoms with Gasteiger partial charge in [0.1, 0.15) is 5.60 Å². The number of rotatable bonds is 6. The molecule has 0 heterocycles. The lowest BCUT2D eigenvalue weighted by molar-refractivity contribution is -0.00738. The SMILES string of the molecule is Cc1ccc(S(=O)(=O)OCCC(C)N(C(=O)OC(C)(C)C)C(C)(C)C)cc1. The van der Waals surface area contributed by atoms with Crippen molar-refractivity contribution in [3.63, 3.8) is 0 Å². The van der Waals surface area contributed by atoms with Crippen LogP contribution < -0.4 is 0 Å². The van der Waals surface area contributed by atoms with Gasteiger partial charge in [0.15, 0.2) is 0 Å². The predicted molar refractivity (Wildman–Crippen MR) is 106 cm³/mol. The summed E-state index contributed by atoms with van der Waals surface area (Å²) in [6.07, 6.45) is -0.0642. The Bertz CT molecular complexity index is 727. The monoisotopic (exact) mass is 399 g/mol. The number of hydrogen-bond acceptors (Lipinski definition) is 5. The molecular weight excluding hydrogens is 366 g/mol. The maximum absolute atomic E-state index is 12.6. The van der Waals surface area contributed by atoms with Gasteiger partial charge in [0.2, 0.25) is 0 Å². The average molecular weight is 400 g/mol. The maximum atomic E-state index is 12.6. The fraction of sp³-hybridized carbons (Fsp3) is 0.650. The quantitative estimate of drug-likeness (QED) is 0.658. The highest BCUT2D eigenvalue weighted by Crippen LogP contribution is 2.23. The van der Waals surface area contributed by atoms with Crippen LogP contribution in [0.4, 0.5) is 4.79 Å². The van der Waals surface area contributed by atoms with Gasteiger partial charge in [0.05, 0.1) is 11.5 Å². The van der Waals surface area contributed by atoms with Gasteiger partial charge in [0.25, 0.3) is 10.1 Å². The van der Waals surface area contributed by atoms with Crippen molar-refractivity contribution in [1.29, 1.82) is 0 Å². The molecule has 1 aromatic carbocycles. The number of aryl methyl sites for hydroxylation is 1. The molecule has 0 N–H and O–H groups in total. The molecule has 0 saturated carbocycles. The van der Waals surface area contributed by atoms with Crippen molar-refractivity contribution in [3.8, 4) is 0 Å². The highest BCUT2D eigenvalue weighted by atomic mass is 32.2. The Morgan fingerprint density at radius 1 is 1.07 bits per heavy atom. The Hall–Kier alpha value is -1.60. The van der Waals surface area contributed by atoms with E-state index in [0.29, 0.717) is 6.42 Å². The minimum absolute atomic E-state index is 0.0211. The molecule has 27 heavy (non-hydrogen) atoms. The normalized spacial score (nSPS) is 13.9. The third kappa shape index (κ3) is 7.50. The smallest absolute Gasteiger partial charge is 0.410 e. The maximum Gasteiger partial charge on any atom is 0.410 e. The summed E-state index contributed by atoms with van der Waals surface area (Å²) in [6, 6.07) is 6.24. The molecule has 7 heteroatoms. The molecule has 1 amide bonds. The number of nitrogens with zero attached hydrogens (tertiary/aromatic N) is 1. The van der Waals surface area contributed by atoms with E-state index in [1.807, 2.05) is 55.4 Å². The van der Waals surface area contributed by atoms with Gasteiger partial charge in [0, 0.05) is 11.6 Å². The van der Waals surface area contributed by atoms with E-state index >= 15 is 0 Å². The van der Waals surface area contributed by atoms with E-state index in [0.717, 1.165) is 5.56 Å². The van der Waals surface area contributed by atoms with Crippen LogP contribution in [0.15, 0.2) is 29.2 Å². The first-order valence-electron chi connectivity index (χ1n) is 9.12. The van der Waals surface area contributed by atoms with Crippen molar-refractivity contribution in [2.75, 3.05) is 6.61 Å². The molecule has 1 atom stereocenters. The highest BCUT2D eigenvalue weighted by Gasteiger charge is 2.34. The van der Waals surface area contributed by atoms with Crippen molar-refractivity contribution >= 4 is 16.2 Å². The van der Waals surface area contributed by atoms with Crippen LogP contribution in [0.25, 0.3) is 0 Å². The first-order chi connectivity index (χ1) is 12.1. The van der Waals surface area contributed by atoms with Crippen LogP contribution in [0.5, 0.6) is 0 Å². The van der Waals surface area contributed by atoms with E-state index in [2.05, 4.69) is 0 Å². The zero-order chi connectivity index (χ0) is 21.0. The summed E-state index contributed by atoms with van der Waals surface area (Å²) in [5, 5.41) is 0. The van der Waals surface area contributed by atoms with Gasteiger partial charge < -0.3 is 9.64 Å². The number of ether oxygens (including phenoxy) is 1. The van der Waals surface area contributed by atoms with Crippen LogP contribution in [-0.4, -0.2) is 43.2 Å². The van der Waals surface area contributed by atoms with Gasteiger partial charge in [-0.1, -0.05) is 17.7 Å².